The molecular formula is C19H22INO6S. The van der Waals surface area contributed by atoms with Crippen molar-refractivity contribution < 1.29 is 28.6 Å². The van der Waals surface area contributed by atoms with Gasteiger partial charge in [0.1, 0.15) is 0 Å². The van der Waals surface area contributed by atoms with Gasteiger partial charge in [0.05, 0.1) is 22.2 Å². The molecule has 0 saturated carbocycles. The minimum absolute atomic E-state index is 0.147. The number of ether oxygens (including phenoxy) is 3. The van der Waals surface area contributed by atoms with E-state index in [1.54, 1.807) is 18.2 Å². The highest BCUT2D eigenvalue weighted by Crippen LogP contribution is 2.38. The molecule has 0 spiro atoms. The summed E-state index contributed by atoms with van der Waals surface area (Å²) in [6.45, 7) is 5.78. The molecule has 0 aliphatic carbocycles. The summed E-state index contributed by atoms with van der Waals surface area (Å²) in [4.78, 5) is 37.8. The van der Waals surface area contributed by atoms with E-state index < -0.39 is 5.97 Å². The van der Waals surface area contributed by atoms with Crippen LogP contribution < -0.4 is 9.47 Å². The van der Waals surface area contributed by atoms with E-state index in [0.717, 1.165) is 11.8 Å². The Bertz CT molecular complexity index is 810. The Labute approximate surface area is 181 Å². The van der Waals surface area contributed by atoms with E-state index in [2.05, 4.69) is 27.3 Å². The van der Waals surface area contributed by atoms with E-state index >= 15 is 0 Å². The molecule has 2 amide bonds. The maximum atomic E-state index is 12.6. The first-order valence-electron chi connectivity index (χ1n) is 8.75. The second-order valence-corrected chi connectivity index (χ2v) is 8.09. The lowest BCUT2D eigenvalue weighted by Crippen LogP contribution is -2.36. The van der Waals surface area contributed by atoms with Crippen LogP contribution >= 0.6 is 34.4 Å². The molecule has 1 atom stereocenters. The molecule has 28 heavy (non-hydrogen) atoms. The highest BCUT2D eigenvalue weighted by Gasteiger charge is 2.37. The Balaban J connectivity index is 2.34. The van der Waals surface area contributed by atoms with Gasteiger partial charge >= 0.3 is 5.97 Å². The predicted molar refractivity (Wildman–Crippen MR) is 115 cm³/mol. The molecule has 1 heterocycles. The Hall–Kier alpha value is -1.75. The molecule has 0 bridgehead atoms. The summed E-state index contributed by atoms with van der Waals surface area (Å²) in [5, 5.41) is -0.261. The molecule has 0 N–H and O–H groups in total. The number of carbonyl (C=O) groups excluding carboxylic acids is 3. The van der Waals surface area contributed by atoms with Gasteiger partial charge in [-0.15, -0.1) is 0 Å². The van der Waals surface area contributed by atoms with E-state index in [4.69, 9.17) is 9.47 Å². The second-order valence-electron chi connectivity index (χ2n) is 5.94. The number of nitrogens with zero attached hydrogens (tertiary/aromatic N) is 1. The summed E-state index contributed by atoms with van der Waals surface area (Å²) in [5.74, 6) is 0.0906. The Morgan fingerprint density at radius 1 is 1.29 bits per heavy atom. The summed E-state index contributed by atoms with van der Waals surface area (Å²) in [6.07, 6.45) is 2.37. The zero-order valence-electron chi connectivity index (χ0n) is 16.1. The van der Waals surface area contributed by atoms with Crippen LogP contribution in [0.25, 0.3) is 6.08 Å². The van der Waals surface area contributed by atoms with Crippen LogP contribution in [0.4, 0.5) is 4.79 Å². The molecule has 0 aromatic heterocycles. The molecule has 152 valence electrons. The quantitative estimate of drug-likeness (QED) is 0.291. The summed E-state index contributed by atoms with van der Waals surface area (Å²) < 4.78 is 16.5. The van der Waals surface area contributed by atoms with Crippen molar-refractivity contribution in [3.63, 3.8) is 0 Å². The average Bonchev–Trinajstić information content (AvgIpc) is 2.93. The maximum Gasteiger partial charge on any atom is 0.343 e. The first kappa shape index (κ1) is 22.5. The SMILES string of the molecule is CCOc1cc(/C=C2/SC(=O)N([C@H](C)CC)C2=O)cc(I)c1OCC(=O)OC. The van der Waals surface area contributed by atoms with Crippen molar-refractivity contribution in [1.82, 2.24) is 4.90 Å². The van der Waals surface area contributed by atoms with Gasteiger partial charge in [0.25, 0.3) is 11.1 Å². The van der Waals surface area contributed by atoms with Crippen LogP contribution in [-0.2, 0) is 14.3 Å². The van der Waals surface area contributed by atoms with Crippen molar-refractivity contribution in [2.75, 3.05) is 20.3 Å². The van der Waals surface area contributed by atoms with Crippen molar-refractivity contribution in [3.8, 4) is 11.5 Å². The molecule has 9 heteroatoms. The molecule has 1 aromatic carbocycles. The minimum Gasteiger partial charge on any atom is -0.490 e. The Morgan fingerprint density at radius 3 is 2.61 bits per heavy atom. The predicted octanol–water partition coefficient (Wildman–Crippen LogP) is 4.08. The highest BCUT2D eigenvalue weighted by atomic mass is 127. The normalized spacial score (nSPS) is 16.5. The van der Waals surface area contributed by atoms with E-state index in [9.17, 15) is 14.4 Å². The smallest absolute Gasteiger partial charge is 0.343 e. The van der Waals surface area contributed by atoms with Gasteiger partial charge in [-0.1, -0.05) is 6.92 Å². The molecule has 0 radical (unpaired) electrons. The van der Waals surface area contributed by atoms with Crippen LogP contribution in [0.1, 0.15) is 32.8 Å². The number of carbonyl (C=O) groups is 3. The summed E-state index contributed by atoms with van der Waals surface area (Å²) in [5.41, 5.74) is 0.702. The first-order chi connectivity index (χ1) is 13.3. The van der Waals surface area contributed by atoms with Crippen molar-refractivity contribution >= 4 is 57.5 Å². The Kier molecular flexibility index (Phi) is 8.17. The standard InChI is InChI=1S/C19H22INO6S/c1-5-11(3)21-18(23)15(28-19(21)24)9-12-7-13(20)17(14(8-12)26-6-2)27-10-16(22)25-4/h7-9,11H,5-6,10H2,1-4H3/b15-9+/t11-/m1/s1. The number of amides is 2. The van der Waals surface area contributed by atoms with Gasteiger partial charge in [0, 0.05) is 6.04 Å². The van der Waals surface area contributed by atoms with E-state index in [1.165, 1.54) is 12.0 Å². The molecule has 1 fully saturated rings. The highest BCUT2D eigenvalue weighted by molar-refractivity contribution is 14.1. The van der Waals surface area contributed by atoms with Gasteiger partial charge in [-0.2, -0.15) is 0 Å². The fourth-order valence-electron chi connectivity index (χ4n) is 2.46. The lowest BCUT2D eigenvalue weighted by atomic mass is 10.1. The van der Waals surface area contributed by atoms with Crippen LogP contribution in [0.15, 0.2) is 17.0 Å². The third-order valence-corrected chi connectivity index (χ3v) is 5.73. The number of imide groups is 1. The van der Waals surface area contributed by atoms with E-state index in [0.29, 0.717) is 38.6 Å². The van der Waals surface area contributed by atoms with Gasteiger partial charge < -0.3 is 14.2 Å². The van der Waals surface area contributed by atoms with Crippen molar-refractivity contribution in [3.05, 3.63) is 26.2 Å². The molecule has 1 aliphatic rings. The number of methoxy groups -OCH3 is 1. The fourth-order valence-corrected chi connectivity index (χ4v) is 4.17. The van der Waals surface area contributed by atoms with Crippen LogP contribution in [0.2, 0.25) is 0 Å². The lowest BCUT2D eigenvalue weighted by molar-refractivity contribution is -0.143. The maximum absolute atomic E-state index is 12.6. The molecule has 7 nitrogen and oxygen atoms in total. The van der Waals surface area contributed by atoms with Gasteiger partial charge in [0.15, 0.2) is 18.1 Å². The van der Waals surface area contributed by atoms with E-state index in [-0.39, 0.29) is 23.8 Å². The number of benzene rings is 1. The molecular weight excluding hydrogens is 497 g/mol. The average molecular weight is 519 g/mol. The second kappa shape index (κ2) is 10.1. The molecule has 1 aromatic rings. The van der Waals surface area contributed by atoms with Gasteiger partial charge in [-0.25, -0.2) is 4.79 Å². The number of hydrogen-bond acceptors (Lipinski definition) is 7. The number of thioether (sulfide) groups is 1. The minimum atomic E-state index is -0.499. The zero-order chi connectivity index (χ0) is 20.8. The van der Waals surface area contributed by atoms with Crippen LogP contribution in [0, 0.1) is 3.57 Å². The lowest BCUT2D eigenvalue weighted by Gasteiger charge is -2.19. The number of rotatable bonds is 8. The zero-order valence-corrected chi connectivity index (χ0v) is 19.1. The summed E-state index contributed by atoms with van der Waals surface area (Å²) in [7, 11) is 1.29. The van der Waals surface area contributed by atoms with E-state index in [1.807, 2.05) is 20.8 Å². The van der Waals surface area contributed by atoms with Gasteiger partial charge in [0.2, 0.25) is 0 Å². The van der Waals surface area contributed by atoms with Crippen LogP contribution in [0.3, 0.4) is 0 Å². The monoisotopic (exact) mass is 519 g/mol. The third kappa shape index (κ3) is 5.19. The van der Waals surface area contributed by atoms with Gasteiger partial charge in [-0.3, -0.25) is 14.5 Å². The fraction of sp³-hybridized carbons (Fsp3) is 0.421. The Morgan fingerprint density at radius 2 is 2.00 bits per heavy atom. The number of halogens is 1. The molecule has 0 unspecified atom stereocenters. The summed E-state index contributed by atoms with van der Waals surface area (Å²) >= 11 is 3.00. The third-order valence-electron chi connectivity index (χ3n) is 4.05. The van der Waals surface area contributed by atoms with Crippen molar-refractivity contribution in [2.24, 2.45) is 0 Å². The summed E-state index contributed by atoms with van der Waals surface area (Å²) in [6, 6.07) is 3.37. The molecule has 2 rings (SSSR count). The van der Waals surface area contributed by atoms with Crippen LogP contribution in [-0.4, -0.2) is 48.4 Å². The van der Waals surface area contributed by atoms with Crippen molar-refractivity contribution in [1.29, 1.82) is 0 Å². The first-order valence-corrected chi connectivity index (χ1v) is 10.6. The number of hydrogen-bond donors (Lipinski definition) is 0. The van der Waals surface area contributed by atoms with Gasteiger partial charge in [-0.05, 0) is 78.4 Å². The molecule has 1 saturated heterocycles. The topological polar surface area (TPSA) is 82.1 Å². The van der Waals surface area contributed by atoms with Crippen molar-refractivity contribution in [2.45, 2.75) is 33.2 Å². The molecule has 1 aliphatic heterocycles. The largest absolute Gasteiger partial charge is 0.490 e. The van der Waals surface area contributed by atoms with Crippen LogP contribution in [0.5, 0.6) is 11.5 Å². The number of esters is 1.